The molecule has 7 heteroatoms. The number of hydrogen-bond acceptors (Lipinski definition) is 4. The Bertz CT molecular complexity index is 1190. The van der Waals surface area contributed by atoms with E-state index in [2.05, 4.69) is 10.3 Å². The van der Waals surface area contributed by atoms with Gasteiger partial charge >= 0.3 is 0 Å². The molecule has 0 atom stereocenters. The average molecular weight is 376 g/mol. The van der Waals surface area contributed by atoms with Crippen molar-refractivity contribution in [3.05, 3.63) is 71.3 Å². The normalized spacial score (nSPS) is 11.0. The molecule has 1 amide bonds. The van der Waals surface area contributed by atoms with E-state index in [1.165, 1.54) is 0 Å². The summed E-state index contributed by atoms with van der Waals surface area (Å²) in [6, 6.07) is 14.5. The van der Waals surface area contributed by atoms with Crippen LogP contribution in [0.1, 0.15) is 12.8 Å². The van der Waals surface area contributed by atoms with Gasteiger partial charge in [0.1, 0.15) is 11.3 Å². The van der Waals surface area contributed by atoms with E-state index in [9.17, 15) is 9.59 Å². The van der Waals surface area contributed by atoms with Crippen LogP contribution >= 0.6 is 0 Å². The van der Waals surface area contributed by atoms with Crippen LogP contribution in [-0.4, -0.2) is 27.0 Å². The Morgan fingerprint density at radius 3 is 2.68 bits per heavy atom. The maximum atomic E-state index is 12.8. The second-order valence-electron chi connectivity index (χ2n) is 6.45. The van der Waals surface area contributed by atoms with E-state index in [0.717, 1.165) is 16.9 Å². The van der Waals surface area contributed by atoms with Crippen LogP contribution in [0.5, 0.6) is 5.75 Å². The van der Waals surface area contributed by atoms with Crippen molar-refractivity contribution in [3.8, 4) is 5.75 Å². The SMILES string of the molecule is COc1ccc(NC(=O)CCCn2c(=O)c3cccn3c3ncccc32)cc1. The largest absolute Gasteiger partial charge is 0.497 e. The third-order valence-corrected chi connectivity index (χ3v) is 4.66. The zero-order valence-electron chi connectivity index (χ0n) is 15.5. The first-order valence-corrected chi connectivity index (χ1v) is 9.06. The van der Waals surface area contributed by atoms with Gasteiger partial charge in [-0.2, -0.15) is 0 Å². The van der Waals surface area contributed by atoms with Gasteiger partial charge in [0.2, 0.25) is 5.91 Å². The standard InChI is InChI=1S/C21H20N4O3/c1-28-16-10-8-15(9-11-16)23-19(26)7-4-14-25-17-5-2-12-22-20(17)24-13-3-6-18(24)21(25)27/h2-3,5-6,8-13H,4,7,14H2,1H3,(H,23,26). The molecule has 0 aliphatic rings. The van der Waals surface area contributed by atoms with Gasteiger partial charge in [-0.15, -0.1) is 0 Å². The van der Waals surface area contributed by atoms with E-state index >= 15 is 0 Å². The lowest BCUT2D eigenvalue weighted by molar-refractivity contribution is -0.116. The van der Waals surface area contributed by atoms with Crippen LogP contribution in [0.2, 0.25) is 0 Å². The van der Waals surface area contributed by atoms with Crippen molar-refractivity contribution in [1.82, 2.24) is 14.0 Å². The predicted octanol–water partition coefficient (Wildman–Crippen LogP) is 3.08. The van der Waals surface area contributed by atoms with Gasteiger partial charge in [0.25, 0.3) is 5.56 Å². The molecule has 0 saturated carbocycles. The number of aryl methyl sites for hydroxylation is 1. The van der Waals surface area contributed by atoms with Crippen molar-refractivity contribution in [2.45, 2.75) is 19.4 Å². The zero-order valence-corrected chi connectivity index (χ0v) is 15.5. The number of carbonyl (C=O) groups is 1. The number of nitrogens with one attached hydrogen (secondary N) is 1. The second-order valence-corrected chi connectivity index (χ2v) is 6.45. The van der Waals surface area contributed by atoms with Crippen LogP contribution in [0.15, 0.2) is 65.7 Å². The van der Waals surface area contributed by atoms with Crippen molar-refractivity contribution in [2.75, 3.05) is 12.4 Å². The number of anilines is 1. The summed E-state index contributed by atoms with van der Waals surface area (Å²) in [6.07, 6.45) is 4.40. The Kier molecular flexibility index (Phi) is 4.80. The Labute approximate surface area is 161 Å². The van der Waals surface area contributed by atoms with E-state index in [-0.39, 0.29) is 11.5 Å². The fourth-order valence-electron chi connectivity index (χ4n) is 3.29. The molecular weight excluding hydrogens is 356 g/mol. The highest BCUT2D eigenvalue weighted by Crippen LogP contribution is 2.16. The molecule has 7 nitrogen and oxygen atoms in total. The summed E-state index contributed by atoms with van der Waals surface area (Å²) in [7, 11) is 1.60. The summed E-state index contributed by atoms with van der Waals surface area (Å²) >= 11 is 0. The van der Waals surface area contributed by atoms with E-state index in [0.29, 0.717) is 30.6 Å². The third-order valence-electron chi connectivity index (χ3n) is 4.66. The van der Waals surface area contributed by atoms with Gasteiger partial charge in [-0.25, -0.2) is 4.98 Å². The van der Waals surface area contributed by atoms with Gasteiger partial charge in [-0.05, 0) is 55.0 Å². The summed E-state index contributed by atoms with van der Waals surface area (Å²) in [4.78, 5) is 29.5. The lowest BCUT2D eigenvalue weighted by Crippen LogP contribution is -2.24. The van der Waals surface area contributed by atoms with Gasteiger partial charge in [-0.1, -0.05) is 0 Å². The van der Waals surface area contributed by atoms with Crippen LogP contribution in [-0.2, 0) is 11.3 Å². The van der Waals surface area contributed by atoms with Crippen molar-refractivity contribution in [2.24, 2.45) is 0 Å². The molecule has 0 saturated heterocycles. The molecule has 3 aromatic heterocycles. The fourth-order valence-corrected chi connectivity index (χ4v) is 3.29. The van der Waals surface area contributed by atoms with Crippen LogP contribution in [0.25, 0.3) is 16.7 Å². The number of hydrogen-bond donors (Lipinski definition) is 1. The lowest BCUT2D eigenvalue weighted by atomic mass is 10.2. The molecule has 1 N–H and O–H groups in total. The molecular formula is C21H20N4O3. The molecule has 0 bridgehead atoms. The fraction of sp³-hybridized carbons (Fsp3) is 0.190. The summed E-state index contributed by atoms with van der Waals surface area (Å²) in [5.74, 6) is 0.642. The minimum atomic E-state index is -0.0931. The number of pyridine rings is 1. The van der Waals surface area contributed by atoms with Crippen molar-refractivity contribution >= 4 is 28.3 Å². The van der Waals surface area contributed by atoms with Crippen LogP contribution in [0.4, 0.5) is 5.69 Å². The molecule has 0 fully saturated rings. The smallest absolute Gasteiger partial charge is 0.275 e. The average Bonchev–Trinajstić information content (AvgIpc) is 3.21. The van der Waals surface area contributed by atoms with Gasteiger partial charge in [0, 0.05) is 31.0 Å². The molecule has 4 rings (SSSR count). The highest BCUT2D eigenvalue weighted by Gasteiger charge is 2.11. The molecule has 28 heavy (non-hydrogen) atoms. The molecule has 0 radical (unpaired) electrons. The van der Waals surface area contributed by atoms with E-state index in [1.54, 1.807) is 52.6 Å². The molecule has 1 aromatic carbocycles. The molecule has 0 aliphatic heterocycles. The van der Waals surface area contributed by atoms with Crippen molar-refractivity contribution in [1.29, 1.82) is 0 Å². The van der Waals surface area contributed by atoms with Gasteiger partial charge < -0.3 is 14.6 Å². The Morgan fingerprint density at radius 1 is 1.11 bits per heavy atom. The molecule has 142 valence electrons. The summed E-state index contributed by atoms with van der Waals surface area (Å²) in [6.45, 7) is 0.443. The number of methoxy groups -OCH3 is 1. The second kappa shape index (κ2) is 7.56. The quantitative estimate of drug-likeness (QED) is 0.561. The monoisotopic (exact) mass is 376 g/mol. The first-order valence-electron chi connectivity index (χ1n) is 9.06. The summed E-state index contributed by atoms with van der Waals surface area (Å²) in [5, 5.41) is 2.86. The first-order chi connectivity index (χ1) is 13.7. The van der Waals surface area contributed by atoms with E-state index < -0.39 is 0 Å². The minimum absolute atomic E-state index is 0.0823. The Hall–Kier alpha value is -3.61. The van der Waals surface area contributed by atoms with Crippen LogP contribution in [0, 0.1) is 0 Å². The molecule has 0 aliphatic carbocycles. The maximum absolute atomic E-state index is 12.8. The van der Waals surface area contributed by atoms with Gasteiger partial charge in [-0.3, -0.25) is 14.0 Å². The number of rotatable bonds is 6. The number of nitrogens with zero attached hydrogens (tertiary/aromatic N) is 3. The third kappa shape index (κ3) is 3.34. The topological polar surface area (TPSA) is 77.6 Å². The van der Waals surface area contributed by atoms with Crippen molar-refractivity contribution < 1.29 is 9.53 Å². The first kappa shape index (κ1) is 17.8. The predicted molar refractivity (Wildman–Crippen MR) is 108 cm³/mol. The Morgan fingerprint density at radius 2 is 1.89 bits per heavy atom. The molecule has 0 spiro atoms. The van der Waals surface area contributed by atoms with Gasteiger partial charge in [0.15, 0.2) is 5.65 Å². The molecule has 4 aromatic rings. The molecule has 0 unspecified atom stereocenters. The minimum Gasteiger partial charge on any atom is -0.497 e. The van der Waals surface area contributed by atoms with Gasteiger partial charge in [0.05, 0.1) is 12.6 Å². The highest BCUT2D eigenvalue weighted by atomic mass is 16.5. The van der Waals surface area contributed by atoms with Crippen LogP contribution in [0.3, 0.4) is 0 Å². The molecule has 3 heterocycles. The van der Waals surface area contributed by atoms with Crippen molar-refractivity contribution in [3.63, 3.8) is 0 Å². The highest BCUT2D eigenvalue weighted by molar-refractivity contribution is 5.90. The van der Waals surface area contributed by atoms with Crippen LogP contribution < -0.4 is 15.6 Å². The van der Waals surface area contributed by atoms with E-state index in [4.69, 9.17) is 4.74 Å². The summed E-state index contributed by atoms with van der Waals surface area (Å²) < 4.78 is 8.60. The maximum Gasteiger partial charge on any atom is 0.275 e. The number of amides is 1. The number of aromatic nitrogens is 3. The number of ether oxygens (including phenoxy) is 1. The lowest BCUT2D eigenvalue weighted by Gasteiger charge is -2.12. The summed E-state index contributed by atoms with van der Waals surface area (Å²) in [5.41, 5.74) is 2.69. The number of benzene rings is 1. The Balaban J connectivity index is 1.48. The number of carbonyl (C=O) groups excluding carboxylic acids is 1. The van der Waals surface area contributed by atoms with E-state index in [1.807, 2.05) is 24.4 Å². The number of fused-ring (bicyclic) bond motifs is 3. The zero-order chi connectivity index (χ0) is 19.5.